The molecule has 0 aliphatic carbocycles. The highest BCUT2D eigenvalue weighted by molar-refractivity contribution is 5.47. The van der Waals surface area contributed by atoms with Gasteiger partial charge in [0.05, 0.1) is 32.3 Å². The van der Waals surface area contributed by atoms with Gasteiger partial charge in [-0.15, -0.1) is 0 Å². The van der Waals surface area contributed by atoms with Crippen LogP contribution in [0.2, 0.25) is 0 Å². The fourth-order valence-electron chi connectivity index (χ4n) is 2.65. The van der Waals surface area contributed by atoms with E-state index in [9.17, 15) is 5.11 Å². The van der Waals surface area contributed by atoms with Crippen molar-refractivity contribution < 1.29 is 14.6 Å². The van der Waals surface area contributed by atoms with E-state index in [1.807, 2.05) is 13.8 Å². The van der Waals surface area contributed by atoms with Gasteiger partial charge < -0.3 is 20.3 Å². The van der Waals surface area contributed by atoms with E-state index in [0.29, 0.717) is 13.2 Å². The largest absolute Gasteiger partial charge is 0.496 e. The van der Waals surface area contributed by atoms with Crippen molar-refractivity contribution in [2.45, 2.75) is 25.3 Å². The van der Waals surface area contributed by atoms with Crippen LogP contribution < -0.4 is 10.5 Å². The van der Waals surface area contributed by atoms with E-state index in [2.05, 4.69) is 12.1 Å². The zero-order valence-corrected chi connectivity index (χ0v) is 11.2. The Labute approximate surface area is 108 Å². The molecule has 1 fully saturated rings. The predicted octanol–water partition coefficient (Wildman–Crippen LogP) is 0.900. The van der Waals surface area contributed by atoms with Crippen molar-refractivity contribution in [2.75, 3.05) is 26.9 Å². The second-order valence-corrected chi connectivity index (χ2v) is 5.08. The molecule has 0 radical (unpaired) electrons. The van der Waals surface area contributed by atoms with Gasteiger partial charge in [0.2, 0.25) is 0 Å². The maximum atomic E-state index is 9.33. The number of hydrogen-bond donors (Lipinski definition) is 2. The van der Waals surface area contributed by atoms with Crippen LogP contribution in [0.25, 0.3) is 0 Å². The van der Waals surface area contributed by atoms with Crippen LogP contribution in [0.3, 0.4) is 0 Å². The molecule has 1 aromatic carbocycles. The van der Waals surface area contributed by atoms with E-state index in [-0.39, 0.29) is 18.1 Å². The summed E-state index contributed by atoms with van der Waals surface area (Å²) in [6.45, 7) is 5.15. The minimum Gasteiger partial charge on any atom is -0.496 e. The van der Waals surface area contributed by atoms with Crippen molar-refractivity contribution in [3.63, 3.8) is 0 Å². The van der Waals surface area contributed by atoms with Gasteiger partial charge in [0.15, 0.2) is 0 Å². The molecule has 100 valence electrons. The summed E-state index contributed by atoms with van der Waals surface area (Å²) < 4.78 is 10.7. The Kier molecular flexibility index (Phi) is 3.61. The van der Waals surface area contributed by atoms with Gasteiger partial charge in [0, 0.05) is 6.04 Å². The van der Waals surface area contributed by atoms with Crippen molar-refractivity contribution >= 4 is 0 Å². The SMILES string of the molecule is COc1c(C)cc(C2(C(N)CO)COC2)cc1C. The molecule has 3 N–H and O–H groups in total. The zero-order chi connectivity index (χ0) is 13.3. The summed E-state index contributed by atoms with van der Waals surface area (Å²) in [6, 6.07) is 3.88. The summed E-state index contributed by atoms with van der Waals surface area (Å²) in [5.41, 5.74) is 9.11. The average molecular weight is 251 g/mol. The van der Waals surface area contributed by atoms with Crippen LogP contribution in [0.4, 0.5) is 0 Å². The van der Waals surface area contributed by atoms with Crippen LogP contribution in [-0.2, 0) is 10.2 Å². The first-order valence-corrected chi connectivity index (χ1v) is 6.15. The molecule has 1 heterocycles. The van der Waals surface area contributed by atoms with E-state index >= 15 is 0 Å². The van der Waals surface area contributed by atoms with Gasteiger partial charge in [0.25, 0.3) is 0 Å². The van der Waals surface area contributed by atoms with Gasteiger partial charge in [-0.1, -0.05) is 12.1 Å². The first kappa shape index (κ1) is 13.3. The van der Waals surface area contributed by atoms with Crippen molar-refractivity contribution in [1.82, 2.24) is 0 Å². The van der Waals surface area contributed by atoms with Crippen LogP contribution in [0.5, 0.6) is 5.75 Å². The Morgan fingerprint density at radius 3 is 2.28 bits per heavy atom. The molecule has 0 aromatic heterocycles. The van der Waals surface area contributed by atoms with Crippen LogP contribution in [0.1, 0.15) is 16.7 Å². The van der Waals surface area contributed by atoms with Crippen LogP contribution in [0, 0.1) is 13.8 Å². The summed E-state index contributed by atoms with van der Waals surface area (Å²) in [4.78, 5) is 0. The van der Waals surface area contributed by atoms with Crippen LogP contribution in [-0.4, -0.2) is 38.1 Å². The van der Waals surface area contributed by atoms with Gasteiger partial charge in [-0.3, -0.25) is 0 Å². The van der Waals surface area contributed by atoms with Crippen molar-refractivity contribution in [3.8, 4) is 5.75 Å². The number of hydrogen-bond acceptors (Lipinski definition) is 4. The molecule has 0 saturated carbocycles. The molecule has 1 aliphatic rings. The zero-order valence-electron chi connectivity index (χ0n) is 11.2. The Balaban J connectivity index is 2.44. The number of rotatable bonds is 4. The molecule has 0 amide bonds. The Bertz CT molecular complexity index is 418. The van der Waals surface area contributed by atoms with E-state index in [1.165, 1.54) is 0 Å². The number of aliphatic hydroxyl groups is 1. The Hall–Kier alpha value is -1.10. The number of ether oxygens (including phenoxy) is 2. The summed E-state index contributed by atoms with van der Waals surface area (Å²) in [6.07, 6.45) is 0. The van der Waals surface area contributed by atoms with E-state index in [4.69, 9.17) is 15.2 Å². The second-order valence-electron chi connectivity index (χ2n) is 5.08. The number of benzene rings is 1. The first-order valence-electron chi connectivity index (χ1n) is 6.15. The first-order chi connectivity index (χ1) is 8.55. The van der Waals surface area contributed by atoms with Gasteiger partial charge in [-0.25, -0.2) is 0 Å². The summed E-state index contributed by atoms with van der Waals surface area (Å²) >= 11 is 0. The van der Waals surface area contributed by atoms with Crippen LogP contribution >= 0.6 is 0 Å². The molecule has 4 heteroatoms. The monoisotopic (exact) mass is 251 g/mol. The third-order valence-electron chi connectivity index (χ3n) is 3.87. The lowest BCUT2D eigenvalue weighted by atomic mass is 9.72. The Morgan fingerprint density at radius 2 is 1.94 bits per heavy atom. The number of methoxy groups -OCH3 is 1. The van der Waals surface area contributed by atoms with Crippen molar-refractivity contribution in [2.24, 2.45) is 5.73 Å². The lowest BCUT2D eigenvalue weighted by Gasteiger charge is -2.46. The lowest BCUT2D eigenvalue weighted by molar-refractivity contribution is -0.0798. The molecule has 1 aliphatic heterocycles. The van der Waals surface area contributed by atoms with E-state index in [1.54, 1.807) is 7.11 Å². The highest BCUT2D eigenvalue weighted by Gasteiger charge is 2.45. The molecular weight excluding hydrogens is 230 g/mol. The second kappa shape index (κ2) is 4.88. The highest BCUT2D eigenvalue weighted by Crippen LogP contribution is 2.38. The molecule has 4 nitrogen and oxygen atoms in total. The van der Waals surface area contributed by atoms with E-state index in [0.717, 1.165) is 22.4 Å². The minimum absolute atomic E-state index is 0.0342. The smallest absolute Gasteiger partial charge is 0.124 e. The van der Waals surface area contributed by atoms with Crippen LogP contribution in [0.15, 0.2) is 12.1 Å². The fourth-order valence-corrected chi connectivity index (χ4v) is 2.65. The molecule has 0 bridgehead atoms. The van der Waals surface area contributed by atoms with Gasteiger partial charge in [-0.05, 0) is 30.5 Å². The van der Waals surface area contributed by atoms with Gasteiger partial charge in [0.1, 0.15) is 5.75 Å². The Morgan fingerprint density at radius 1 is 1.39 bits per heavy atom. The topological polar surface area (TPSA) is 64.7 Å². The average Bonchev–Trinajstić information content (AvgIpc) is 2.27. The van der Waals surface area contributed by atoms with Crippen molar-refractivity contribution in [3.05, 3.63) is 28.8 Å². The minimum atomic E-state index is -0.293. The molecule has 1 unspecified atom stereocenters. The maximum Gasteiger partial charge on any atom is 0.124 e. The number of aliphatic hydroxyl groups excluding tert-OH is 1. The normalized spacial score (nSPS) is 19.2. The molecule has 1 atom stereocenters. The predicted molar refractivity (Wildman–Crippen MR) is 70.0 cm³/mol. The molecule has 0 spiro atoms. The fraction of sp³-hybridized carbons (Fsp3) is 0.571. The number of aryl methyl sites for hydroxylation is 2. The maximum absolute atomic E-state index is 9.33. The highest BCUT2D eigenvalue weighted by atomic mass is 16.5. The third kappa shape index (κ3) is 1.90. The summed E-state index contributed by atoms with van der Waals surface area (Å²) in [7, 11) is 1.68. The van der Waals surface area contributed by atoms with Crippen molar-refractivity contribution in [1.29, 1.82) is 0 Å². The van der Waals surface area contributed by atoms with E-state index < -0.39 is 0 Å². The third-order valence-corrected chi connectivity index (χ3v) is 3.87. The van der Waals surface area contributed by atoms with Gasteiger partial charge in [-0.2, -0.15) is 0 Å². The summed E-state index contributed by atoms with van der Waals surface area (Å²) in [5.74, 6) is 0.909. The molecule has 1 aromatic rings. The molecule has 2 rings (SSSR count). The van der Waals surface area contributed by atoms with Gasteiger partial charge >= 0.3 is 0 Å². The molecule has 1 saturated heterocycles. The quantitative estimate of drug-likeness (QED) is 0.834. The standard InChI is InChI=1S/C14H21NO3/c1-9-4-11(5-10(2)13(9)17-3)14(7-18-8-14)12(15)6-16/h4-5,12,16H,6-8,15H2,1-3H3. The number of nitrogens with two attached hydrogens (primary N) is 1. The molecule has 18 heavy (non-hydrogen) atoms. The molecular formula is C14H21NO3. The lowest BCUT2D eigenvalue weighted by Crippen LogP contribution is -2.60. The summed E-state index contributed by atoms with van der Waals surface area (Å²) in [5, 5.41) is 9.33.